The SMILES string of the molecule is CCN1CCN(c2ccc3oc([C@]4(CN5Cc6ccc(OC)c(F)c6C5=O)NC(=O)NC4=O)cc3n2)C[C@H]1C. The molecular formula is C27H29FN6O5. The van der Waals surface area contributed by atoms with Gasteiger partial charge in [0.25, 0.3) is 11.8 Å². The summed E-state index contributed by atoms with van der Waals surface area (Å²) in [6, 6.07) is 8.02. The van der Waals surface area contributed by atoms with Crippen molar-refractivity contribution in [3.05, 3.63) is 53.0 Å². The van der Waals surface area contributed by atoms with E-state index in [4.69, 9.17) is 14.1 Å². The first-order chi connectivity index (χ1) is 18.7. The van der Waals surface area contributed by atoms with Gasteiger partial charge in [-0.15, -0.1) is 0 Å². The minimum atomic E-state index is -1.71. The second-order valence-corrected chi connectivity index (χ2v) is 10.2. The van der Waals surface area contributed by atoms with Crippen LogP contribution in [0.15, 0.2) is 34.7 Å². The first kappa shape index (κ1) is 25.1. The van der Waals surface area contributed by atoms with Crippen LogP contribution in [0.5, 0.6) is 5.75 Å². The van der Waals surface area contributed by atoms with E-state index < -0.39 is 29.2 Å². The lowest BCUT2D eigenvalue weighted by Crippen LogP contribution is -2.52. The molecule has 11 nitrogen and oxygen atoms in total. The number of pyridine rings is 1. The molecule has 0 saturated carbocycles. The fourth-order valence-electron chi connectivity index (χ4n) is 5.79. The van der Waals surface area contributed by atoms with E-state index in [2.05, 4.69) is 34.3 Å². The van der Waals surface area contributed by atoms with E-state index >= 15 is 0 Å². The van der Waals surface area contributed by atoms with Crippen LogP contribution in [0.2, 0.25) is 0 Å². The van der Waals surface area contributed by atoms with Gasteiger partial charge in [0.05, 0.1) is 19.2 Å². The Morgan fingerprint density at radius 1 is 1.21 bits per heavy atom. The van der Waals surface area contributed by atoms with Crippen molar-refractivity contribution < 1.29 is 27.9 Å². The van der Waals surface area contributed by atoms with Crippen LogP contribution in [-0.2, 0) is 16.9 Å². The highest BCUT2D eigenvalue weighted by Gasteiger charge is 2.53. The number of rotatable bonds is 6. The molecule has 5 heterocycles. The highest BCUT2D eigenvalue weighted by molar-refractivity contribution is 6.08. The van der Waals surface area contributed by atoms with Crippen molar-refractivity contribution in [2.45, 2.75) is 32.0 Å². The van der Waals surface area contributed by atoms with Crippen LogP contribution >= 0.6 is 0 Å². The molecule has 2 saturated heterocycles. The summed E-state index contributed by atoms with van der Waals surface area (Å²) in [5.41, 5.74) is -0.395. The molecule has 3 aliphatic rings. The molecule has 0 aliphatic carbocycles. The number of amides is 4. The van der Waals surface area contributed by atoms with Gasteiger partial charge in [0.15, 0.2) is 22.7 Å². The van der Waals surface area contributed by atoms with Gasteiger partial charge in [-0.25, -0.2) is 14.2 Å². The maximum Gasteiger partial charge on any atom is 0.322 e. The Kier molecular flexibility index (Phi) is 5.94. The molecule has 2 N–H and O–H groups in total. The number of urea groups is 1. The lowest BCUT2D eigenvalue weighted by Gasteiger charge is -2.39. The highest BCUT2D eigenvalue weighted by atomic mass is 19.1. The van der Waals surface area contributed by atoms with Crippen LogP contribution in [0.1, 0.15) is 35.5 Å². The summed E-state index contributed by atoms with van der Waals surface area (Å²) in [6.45, 7) is 7.73. The Labute approximate surface area is 223 Å². The van der Waals surface area contributed by atoms with Crippen molar-refractivity contribution in [2.24, 2.45) is 0 Å². The first-order valence-corrected chi connectivity index (χ1v) is 12.9. The van der Waals surface area contributed by atoms with Crippen molar-refractivity contribution in [1.82, 2.24) is 25.4 Å². The summed E-state index contributed by atoms with van der Waals surface area (Å²) < 4.78 is 26.0. The van der Waals surface area contributed by atoms with Crippen molar-refractivity contribution >= 4 is 34.8 Å². The number of imide groups is 1. The number of fused-ring (bicyclic) bond motifs is 2. The Hall–Kier alpha value is -4.19. The van der Waals surface area contributed by atoms with Crippen LogP contribution < -0.4 is 20.3 Å². The van der Waals surface area contributed by atoms with Crippen molar-refractivity contribution in [3.8, 4) is 5.75 Å². The van der Waals surface area contributed by atoms with Gasteiger partial charge in [0.2, 0.25) is 0 Å². The number of nitrogens with zero attached hydrogens (tertiary/aromatic N) is 4. The van der Waals surface area contributed by atoms with E-state index in [1.165, 1.54) is 18.1 Å². The molecule has 204 valence electrons. The zero-order valence-electron chi connectivity index (χ0n) is 21.9. The fourth-order valence-corrected chi connectivity index (χ4v) is 5.79. The number of anilines is 1. The minimum absolute atomic E-state index is 0.0461. The molecule has 12 heteroatoms. The van der Waals surface area contributed by atoms with Gasteiger partial charge in [-0.1, -0.05) is 13.0 Å². The quantitative estimate of drug-likeness (QED) is 0.460. The van der Waals surface area contributed by atoms with Crippen LogP contribution in [0.3, 0.4) is 0 Å². The molecule has 2 aromatic heterocycles. The summed E-state index contributed by atoms with van der Waals surface area (Å²) in [5, 5.41) is 4.90. The predicted octanol–water partition coefficient (Wildman–Crippen LogP) is 2.20. The zero-order chi connectivity index (χ0) is 27.5. The molecule has 3 aliphatic heterocycles. The van der Waals surface area contributed by atoms with Crippen LogP contribution in [0.4, 0.5) is 15.0 Å². The molecule has 2 fully saturated rings. The monoisotopic (exact) mass is 536 g/mol. The van der Waals surface area contributed by atoms with Crippen LogP contribution in [-0.4, -0.2) is 78.5 Å². The Morgan fingerprint density at radius 3 is 2.72 bits per heavy atom. The van der Waals surface area contributed by atoms with E-state index in [0.717, 1.165) is 32.0 Å². The third-order valence-electron chi connectivity index (χ3n) is 7.92. The van der Waals surface area contributed by atoms with Gasteiger partial charge in [-0.2, -0.15) is 0 Å². The molecule has 0 radical (unpaired) electrons. The third-order valence-corrected chi connectivity index (χ3v) is 7.92. The van der Waals surface area contributed by atoms with E-state index in [0.29, 0.717) is 22.7 Å². The number of carbonyl (C=O) groups is 3. The van der Waals surface area contributed by atoms with E-state index in [1.807, 2.05) is 6.07 Å². The number of methoxy groups -OCH3 is 1. The number of piperazine rings is 1. The normalized spacial score (nSPS) is 23.4. The number of nitrogens with one attached hydrogen (secondary N) is 2. The summed E-state index contributed by atoms with van der Waals surface area (Å²) in [5.74, 6) is -1.15. The molecule has 0 bridgehead atoms. The lowest BCUT2D eigenvalue weighted by molar-refractivity contribution is -0.125. The maximum absolute atomic E-state index is 14.9. The topological polar surface area (TPSA) is 120 Å². The first-order valence-electron chi connectivity index (χ1n) is 12.9. The number of furan rings is 1. The predicted molar refractivity (Wildman–Crippen MR) is 139 cm³/mol. The van der Waals surface area contributed by atoms with Gasteiger partial charge in [-0.3, -0.25) is 19.8 Å². The average Bonchev–Trinajstić information content (AvgIpc) is 3.57. The zero-order valence-corrected chi connectivity index (χ0v) is 21.9. The standard InChI is InChI=1S/C27H29FN6O5/c1-4-32-9-10-33(12-15(32)2)21-8-7-18-17(29-21)11-20(39-18)27(25(36)30-26(37)31-27)14-34-13-16-5-6-19(38-3)23(28)22(16)24(34)35/h5-8,11,15H,4,9-10,12-14H2,1-3H3,(H2,30,31,36,37)/t15-,27+/m1/s1. The second-order valence-electron chi connectivity index (χ2n) is 10.2. The molecule has 2 atom stereocenters. The Bertz CT molecular complexity index is 1510. The van der Waals surface area contributed by atoms with Gasteiger partial charge >= 0.3 is 6.03 Å². The number of hydrogen-bond acceptors (Lipinski definition) is 8. The van der Waals surface area contributed by atoms with Gasteiger partial charge < -0.3 is 24.3 Å². The summed E-state index contributed by atoms with van der Waals surface area (Å²) >= 11 is 0. The summed E-state index contributed by atoms with van der Waals surface area (Å²) in [4.78, 5) is 49.5. The van der Waals surface area contributed by atoms with E-state index in [1.54, 1.807) is 18.2 Å². The molecular weight excluding hydrogens is 507 g/mol. The number of halogens is 1. The number of hydrogen-bond donors (Lipinski definition) is 2. The van der Waals surface area contributed by atoms with E-state index in [9.17, 15) is 18.8 Å². The fraction of sp³-hybridized carbons (Fsp3) is 0.407. The van der Waals surface area contributed by atoms with Crippen molar-refractivity contribution in [1.29, 1.82) is 0 Å². The average molecular weight is 537 g/mol. The number of carbonyl (C=O) groups excluding carboxylic acids is 3. The lowest BCUT2D eigenvalue weighted by atomic mass is 9.95. The second kappa shape index (κ2) is 9.23. The minimum Gasteiger partial charge on any atom is -0.494 e. The largest absolute Gasteiger partial charge is 0.494 e. The summed E-state index contributed by atoms with van der Waals surface area (Å²) in [7, 11) is 1.32. The highest BCUT2D eigenvalue weighted by Crippen LogP contribution is 2.36. The van der Waals surface area contributed by atoms with Crippen LogP contribution in [0.25, 0.3) is 11.1 Å². The maximum atomic E-state index is 14.9. The third kappa shape index (κ3) is 3.97. The van der Waals surface area contributed by atoms with Gasteiger partial charge in [0.1, 0.15) is 17.1 Å². The van der Waals surface area contributed by atoms with Gasteiger partial charge in [-0.05, 0) is 37.2 Å². The number of benzene rings is 1. The van der Waals surface area contributed by atoms with Gasteiger partial charge in [0, 0.05) is 38.3 Å². The van der Waals surface area contributed by atoms with Crippen molar-refractivity contribution in [2.75, 3.05) is 44.7 Å². The number of ether oxygens (including phenoxy) is 1. The molecule has 39 heavy (non-hydrogen) atoms. The van der Waals surface area contributed by atoms with Crippen LogP contribution in [0, 0.1) is 5.82 Å². The number of likely N-dealkylation sites (N-methyl/N-ethyl adjacent to an activating group) is 1. The molecule has 3 aromatic rings. The molecule has 0 spiro atoms. The Morgan fingerprint density at radius 2 is 2.03 bits per heavy atom. The number of aromatic nitrogens is 1. The smallest absolute Gasteiger partial charge is 0.322 e. The summed E-state index contributed by atoms with van der Waals surface area (Å²) in [6.07, 6.45) is 0. The molecule has 1 aromatic carbocycles. The Balaban J connectivity index is 1.32. The van der Waals surface area contributed by atoms with E-state index in [-0.39, 0.29) is 30.2 Å². The molecule has 6 rings (SSSR count). The van der Waals surface area contributed by atoms with Crippen molar-refractivity contribution in [3.63, 3.8) is 0 Å². The molecule has 0 unspecified atom stereocenters. The molecule has 4 amide bonds.